The summed E-state index contributed by atoms with van der Waals surface area (Å²) in [5.41, 5.74) is -0.512. The third-order valence-corrected chi connectivity index (χ3v) is 5.18. The largest absolute Gasteiger partial charge is 0.458 e. The van der Waals surface area contributed by atoms with Gasteiger partial charge in [0.05, 0.1) is 145 Å². The summed E-state index contributed by atoms with van der Waals surface area (Å²) < 4.78 is 70.0. The molecule has 0 amide bonds. The fourth-order valence-corrected chi connectivity index (χ4v) is 3.11. The molecule has 0 heterocycles. The summed E-state index contributed by atoms with van der Waals surface area (Å²) >= 11 is 0. The van der Waals surface area contributed by atoms with E-state index in [2.05, 4.69) is 0 Å². The van der Waals surface area contributed by atoms with Crippen LogP contribution in [0.25, 0.3) is 0 Å². The monoisotopic (exact) mass is 674 g/mol. The van der Waals surface area contributed by atoms with Crippen LogP contribution in [-0.2, 0) is 66.4 Å². The summed E-state index contributed by atoms with van der Waals surface area (Å²) in [4.78, 5) is 11.5. The molecular weight excluding hydrogens is 612 g/mol. The molecule has 1 N–H and O–H groups in total. The molecule has 0 aromatic carbocycles. The van der Waals surface area contributed by atoms with E-state index in [0.29, 0.717) is 158 Å². The summed E-state index contributed by atoms with van der Waals surface area (Å²) in [5.74, 6) is -0.388. The third kappa shape index (κ3) is 41.0. The number of hydrogen-bond donors (Lipinski definition) is 1. The lowest BCUT2D eigenvalue weighted by Gasteiger charge is -2.19. The van der Waals surface area contributed by atoms with Gasteiger partial charge in [0.2, 0.25) is 0 Å². The second-order valence-electron chi connectivity index (χ2n) is 10.5. The fraction of sp³-hybridized carbons (Fsp3) is 0.968. The molecule has 0 spiro atoms. The van der Waals surface area contributed by atoms with E-state index in [1.807, 2.05) is 20.8 Å². The van der Waals surface area contributed by atoms with Crippen LogP contribution >= 0.6 is 0 Å². The molecule has 0 unspecified atom stereocenters. The van der Waals surface area contributed by atoms with Gasteiger partial charge in [-0.1, -0.05) is 0 Å². The topological polar surface area (TPSA) is 157 Å². The van der Waals surface area contributed by atoms with Crippen molar-refractivity contribution in [3.8, 4) is 0 Å². The molecule has 0 aromatic rings. The molecule has 0 aliphatic heterocycles. The first-order valence-corrected chi connectivity index (χ1v) is 16.2. The van der Waals surface area contributed by atoms with Crippen LogP contribution in [0.5, 0.6) is 0 Å². The van der Waals surface area contributed by atoms with Crippen molar-refractivity contribution in [2.75, 3.05) is 165 Å². The Morgan fingerprint density at radius 1 is 0.391 bits per heavy atom. The molecule has 0 atom stereocenters. The summed E-state index contributed by atoms with van der Waals surface area (Å²) in [6.45, 7) is 16.6. The predicted octanol–water partition coefficient (Wildman–Crippen LogP) is 0.910. The van der Waals surface area contributed by atoms with Crippen LogP contribution in [0.3, 0.4) is 0 Å². The van der Waals surface area contributed by atoms with Crippen LogP contribution in [0.4, 0.5) is 0 Å². The van der Waals surface area contributed by atoms with Gasteiger partial charge in [-0.15, -0.1) is 0 Å². The van der Waals surface area contributed by atoms with E-state index in [1.54, 1.807) is 0 Å². The lowest BCUT2D eigenvalue weighted by atomic mass is 10.2. The molecule has 0 radical (unpaired) electrons. The van der Waals surface area contributed by atoms with Crippen LogP contribution in [0.2, 0.25) is 0 Å². The molecule has 0 rings (SSSR count). The number of aliphatic hydroxyl groups excluding tert-OH is 1. The second kappa shape index (κ2) is 36.8. The van der Waals surface area contributed by atoms with Gasteiger partial charge in [-0.2, -0.15) is 0 Å². The van der Waals surface area contributed by atoms with Crippen molar-refractivity contribution >= 4 is 5.97 Å². The average Bonchev–Trinajstić information content (AvgIpc) is 3.01. The van der Waals surface area contributed by atoms with E-state index in [-0.39, 0.29) is 19.2 Å². The predicted molar refractivity (Wildman–Crippen MR) is 167 cm³/mol. The first-order valence-electron chi connectivity index (χ1n) is 16.2. The summed E-state index contributed by atoms with van der Waals surface area (Å²) in [6, 6.07) is 0. The molecular formula is C31H62O15. The van der Waals surface area contributed by atoms with Gasteiger partial charge in [0.15, 0.2) is 0 Å². The maximum atomic E-state index is 11.5. The quantitative estimate of drug-likeness (QED) is 0.0728. The number of ether oxygens (including phenoxy) is 13. The molecule has 0 aliphatic rings. The molecule has 0 fully saturated rings. The van der Waals surface area contributed by atoms with Crippen molar-refractivity contribution in [2.24, 2.45) is 0 Å². The molecule has 0 saturated carbocycles. The minimum Gasteiger partial charge on any atom is -0.458 e. The highest BCUT2D eigenvalue weighted by Crippen LogP contribution is 2.06. The van der Waals surface area contributed by atoms with Crippen molar-refractivity contribution in [3.63, 3.8) is 0 Å². The zero-order valence-electron chi connectivity index (χ0n) is 28.5. The highest BCUT2D eigenvalue weighted by atomic mass is 16.6. The Hall–Kier alpha value is -1.05. The number of aliphatic hydroxyl groups is 1. The van der Waals surface area contributed by atoms with E-state index >= 15 is 0 Å². The highest BCUT2D eigenvalue weighted by Gasteiger charge is 2.15. The molecule has 0 bridgehead atoms. The van der Waals surface area contributed by atoms with Gasteiger partial charge in [0, 0.05) is 13.2 Å². The molecule has 276 valence electrons. The van der Waals surface area contributed by atoms with Crippen molar-refractivity contribution in [1.29, 1.82) is 0 Å². The zero-order chi connectivity index (χ0) is 33.7. The highest BCUT2D eigenvalue weighted by molar-refractivity contribution is 5.71. The van der Waals surface area contributed by atoms with Crippen molar-refractivity contribution in [3.05, 3.63) is 0 Å². The van der Waals surface area contributed by atoms with E-state index < -0.39 is 5.60 Å². The Morgan fingerprint density at radius 3 is 0.826 bits per heavy atom. The number of esters is 1. The standard InChI is InChI=1S/C31H62O15/c1-31(2,3)46-30(33)29-45-28-27-44-26-25-43-24-23-42-22-21-41-20-19-40-18-17-39-16-15-38-14-13-37-12-11-36-10-9-35-8-7-34-6-4-5-32/h32H,4-29H2,1-3H3. The summed E-state index contributed by atoms with van der Waals surface area (Å²) in [7, 11) is 0. The van der Waals surface area contributed by atoms with Crippen LogP contribution in [0, 0.1) is 0 Å². The Morgan fingerprint density at radius 2 is 0.609 bits per heavy atom. The summed E-state index contributed by atoms with van der Waals surface area (Å²) in [5, 5.41) is 8.64. The van der Waals surface area contributed by atoms with Gasteiger partial charge in [-0.05, 0) is 27.2 Å². The molecule has 0 aromatic heterocycles. The Kier molecular flexibility index (Phi) is 35.9. The lowest BCUT2D eigenvalue weighted by molar-refractivity contribution is -0.160. The van der Waals surface area contributed by atoms with E-state index in [4.69, 9.17) is 66.7 Å². The van der Waals surface area contributed by atoms with Crippen molar-refractivity contribution in [1.82, 2.24) is 0 Å². The second-order valence-corrected chi connectivity index (χ2v) is 10.5. The van der Waals surface area contributed by atoms with Crippen LogP contribution in [-0.4, -0.2) is 182 Å². The molecule has 0 aliphatic carbocycles. The lowest BCUT2D eigenvalue weighted by Crippen LogP contribution is -2.27. The zero-order valence-corrected chi connectivity index (χ0v) is 28.5. The van der Waals surface area contributed by atoms with Gasteiger partial charge in [-0.3, -0.25) is 0 Å². The van der Waals surface area contributed by atoms with Crippen LogP contribution in [0.1, 0.15) is 27.2 Å². The van der Waals surface area contributed by atoms with E-state index in [9.17, 15) is 4.79 Å². The van der Waals surface area contributed by atoms with Gasteiger partial charge in [0.1, 0.15) is 12.2 Å². The van der Waals surface area contributed by atoms with Crippen molar-refractivity contribution in [2.45, 2.75) is 32.8 Å². The smallest absolute Gasteiger partial charge is 0.332 e. The Balaban J connectivity index is 3.09. The number of rotatable bonds is 38. The normalized spacial score (nSPS) is 11.8. The van der Waals surface area contributed by atoms with Crippen LogP contribution in [0.15, 0.2) is 0 Å². The average molecular weight is 675 g/mol. The molecule has 0 saturated heterocycles. The minimum absolute atomic E-state index is 0.0849. The fourth-order valence-electron chi connectivity index (χ4n) is 3.11. The van der Waals surface area contributed by atoms with E-state index in [1.165, 1.54) is 0 Å². The Bertz CT molecular complexity index is 607. The maximum absolute atomic E-state index is 11.5. The van der Waals surface area contributed by atoms with Gasteiger partial charge >= 0.3 is 5.97 Å². The van der Waals surface area contributed by atoms with E-state index in [0.717, 1.165) is 0 Å². The summed E-state index contributed by atoms with van der Waals surface area (Å²) in [6.07, 6.45) is 0.646. The molecule has 15 nitrogen and oxygen atoms in total. The van der Waals surface area contributed by atoms with Gasteiger partial charge in [0.25, 0.3) is 0 Å². The van der Waals surface area contributed by atoms with Crippen LogP contribution < -0.4 is 0 Å². The Labute approximate surface area is 275 Å². The molecule has 15 heteroatoms. The maximum Gasteiger partial charge on any atom is 0.332 e. The number of hydrogen-bond acceptors (Lipinski definition) is 15. The first-order chi connectivity index (χ1) is 22.5. The minimum atomic E-state index is -0.512. The SMILES string of the molecule is CC(C)(C)OC(=O)COCCOCCOCCOCCOCCOCCOCCOCCOCCOCCOCCOCCCO. The first kappa shape index (κ1) is 45.0. The molecule has 46 heavy (non-hydrogen) atoms. The third-order valence-electron chi connectivity index (χ3n) is 5.18. The van der Waals surface area contributed by atoms with Gasteiger partial charge in [-0.25, -0.2) is 4.79 Å². The van der Waals surface area contributed by atoms with Gasteiger partial charge < -0.3 is 66.7 Å². The van der Waals surface area contributed by atoms with Crippen molar-refractivity contribution < 1.29 is 71.5 Å². The number of carbonyl (C=O) groups excluding carboxylic acids is 1. The number of carbonyl (C=O) groups is 1.